The van der Waals surface area contributed by atoms with Crippen molar-refractivity contribution in [2.75, 3.05) is 26.2 Å². The first-order chi connectivity index (χ1) is 8.76. The molecule has 2 aliphatic rings. The van der Waals surface area contributed by atoms with Gasteiger partial charge in [-0.25, -0.2) is 0 Å². The van der Waals surface area contributed by atoms with Crippen LogP contribution < -0.4 is 5.73 Å². The molecule has 2 heterocycles. The molecule has 3 nitrogen and oxygen atoms in total. The van der Waals surface area contributed by atoms with Crippen molar-refractivity contribution in [2.45, 2.75) is 70.5 Å². The van der Waals surface area contributed by atoms with Crippen molar-refractivity contribution in [1.82, 2.24) is 9.80 Å². The van der Waals surface area contributed by atoms with Crippen LogP contribution in [0.3, 0.4) is 0 Å². The fourth-order valence-corrected chi connectivity index (χ4v) is 3.96. The number of hydrogen-bond acceptors (Lipinski definition) is 3. The van der Waals surface area contributed by atoms with Crippen LogP contribution in [0.2, 0.25) is 0 Å². The first-order valence-electron chi connectivity index (χ1n) is 7.96. The molecule has 0 aromatic heterocycles. The third-order valence-electron chi connectivity index (χ3n) is 4.88. The van der Waals surface area contributed by atoms with Gasteiger partial charge in [0, 0.05) is 24.7 Å². The minimum atomic E-state index is 0.650. The van der Waals surface area contributed by atoms with Crippen LogP contribution >= 0.6 is 0 Å². The van der Waals surface area contributed by atoms with Gasteiger partial charge in [-0.1, -0.05) is 13.3 Å². The van der Waals surface area contributed by atoms with E-state index >= 15 is 0 Å². The zero-order valence-corrected chi connectivity index (χ0v) is 12.3. The molecule has 0 aliphatic carbocycles. The maximum absolute atomic E-state index is 5.99. The normalized spacial score (nSPS) is 32.8. The van der Waals surface area contributed by atoms with Crippen molar-refractivity contribution in [1.29, 1.82) is 0 Å². The average Bonchev–Trinajstić information content (AvgIpc) is 2.40. The molecule has 18 heavy (non-hydrogen) atoms. The molecular weight excluding hydrogens is 222 g/mol. The molecular formula is C15H31N3. The zero-order chi connectivity index (χ0) is 13.0. The van der Waals surface area contributed by atoms with Gasteiger partial charge in [-0.3, -0.25) is 4.90 Å². The largest absolute Gasteiger partial charge is 0.329 e. The molecule has 2 N–H and O–H groups in total. The lowest BCUT2D eigenvalue weighted by atomic mass is 9.91. The minimum absolute atomic E-state index is 0.650. The molecule has 0 spiro atoms. The Bertz CT molecular complexity index is 236. The molecule has 3 heteroatoms. The van der Waals surface area contributed by atoms with E-state index in [1.165, 1.54) is 58.2 Å². The highest BCUT2D eigenvalue weighted by Gasteiger charge is 2.34. The van der Waals surface area contributed by atoms with E-state index in [0.717, 1.165) is 18.6 Å². The lowest BCUT2D eigenvalue weighted by Crippen LogP contribution is -2.56. The molecule has 0 saturated carbocycles. The third kappa shape index (κ3) is 3.25. The van der Waals surface area contributed by atoms with E-state index in [9.17, 15) is 0 Å². The van der Waals surface area contributed by atoms with Crippen LogP contribution in [0, 0.1) is 0 Å². The summed E-state index contributed by atoms with van der Waals surface area (Å²) in [6.45, 7) is 9.39. The maximum atomic E-state index is 5.99. The first-order valence-corrected chi connectivity index (χ1v) is 7.96. The van der Waals surface area contributed by atoms with Gasteiger partial charge in [-0.2, -0.15) is 0 Å². The van der Waals surface area contributed by atoms with Crippen LogP contribution in [0.1, 0.15) is 52.4 Å². The first kappa shape index (κ1) is 14.3. The molecule has 2 saturated heterocycles. The highest BCUT2D eigenvalue weighted by atomic mass is 15.2. The summed E-state index contributed by atoms with van der Waals surface area (Å²) in [5, 5.41) is 0. The predicted molar refractivity (Wildman–Crippen MR) is 77.7 cm³/mol. The molecule has 2 aliphatic heterocycles. The van der Waals surface area contributed by atoms with E-state index in [2.05, 4.69) is 23.6 Å². The van der Waals surface area contributed by atoms with E-state index in [1.54, 1.807) is 0 Å². The SMILES string of the molecule is CCCN1CCC(N2C(C)CCCC2CN)CC1. The smallest absolute Gasteiger partial charge is 0.0224 e. The highest BCUT2D eigenvalue weighted by molar-refractivity contribution is 4.90. The standard InChI is InChI=1S/C15H31N3/c1-3-9-17-10-7-14(8-11-17)18-13(2)5-4-6-15(18)12-16/h13-15H,3-12,16H2,1-2H3. The van der Waals surface area contributed by atoms with E-state index in [0.29, 0.717) is 6.04 Å². The number of hydrogen-bond donors (Lipinski definition) is 1. The van der Waals surface area contributed by atoms with Gasteiger partial charge < -0.3 is 10.6 Å². The van der Waals surface area contributed by atoms with Crippen molar-refractivity contribution in [3.8, 4) is 0 Å². The Labute approximate surface area is 113 Å². The summed E-state index contributed by atoms with van der Waals surface area (Å²) >= 11 is 0. The van der Waals surface area contributed by atoms with Crippen molar-refractivity contribution in [3.63, 3.8) is 0 Å². The minimum Gasteiger partial charge on any atom is -0.329 e. The van der Waals surface area contributed by atoms with Crippen molar-refractivity contribution < 1.29 is 0 Å². The van der Waals surface area contributed by atoms with Crippen molar-refractivity contribution in [2.24, 2.45) is 5.73 Å². The summed E-state index contributed by atoms with van der Waals surface area (Å²) in [6.07, 6.45) is 8.04. The highest BCUT2D eigenvalue weighted by Crippen LogP contribution is 2.29. The van der Waals surface area contributed by atoms with Gasteiger partial charge in [-0.05, 0) is 58.7 Å². The Balaban J connectivity index is 1.90. The molecule has 2 unspecified atom stereocenters. The number of nitrogens with two attached hydrogens (primary N) is 1. The van der Waals surface area contributed by atoms with E-state index in [-0.39, 0.29) is 0 Å². The molecule has 0 radical (unpaired) electrons. The van der Waals surface area contributed by atoms with Gasteiger partial charge in [-0.15, -0.1) is 0 Å². The van der Waals surface area contributed by atoms with Crippen LogP contribution in [0.4, 0.5) is 0 Å². The number of likely N-dealkylation sites (tertiary alicyclic amines) is 2. The van der Waals surface area contributed by atoms with Crippen LogP contribution in [-0.4, -0.2) is 54.1 Å². The van der Waals surface area contributed by atoms with Crippen LogP contribution in [0.5, 0.6) is 0 Å². The number of nitrogens with zero attached hydrogens (tertiary/aromatic N) is 2. The Morgan fingerprint density at radius 3 is 2.44 bits per heavy atom. The molecule has 2 fully saturated rings. The average molecular weight is 253 g/mol. The van der Waals surface area contributed by atoms with E-state index < -0.39 is 0 Å². The summed E-state index contributed by atoms with van der Waals surface area (Å²) in [5.41, 5.74) is 5.99. The summed E-state index contributed by atoms with van der Waals surface area (Å²) in [4.78, 5) is 5.40. The van der Waals surface area contributed by atoms with Crippen molar-refractivity contribution >= 4 is 0 Å². The van der Waals surface area contributed by atoms with Gasteiger partial charge >= 0.3 is 0 Å². The summed E-state index contributed by atoms with van der Waals surface area (Å²) in [7, 11) is 0. The predicted octanol–water partition coefficient (Wildman–Crippen LogP) is 2.06. The van der Waals surface area contributed by atoms with Gasteiger partial charge in [0.25, 0.3) is 0 Å². The second-order valence-electron chi connectivity index (χ2n) is 6.19. The fraction of sp³-hybridized carbons (Fsp3) is 1.00. The topological polar surface area (TPSA) is 32.5 Å². The number of piperidine rings is 2. The van der Waals surface area contributed by atoms with Crippen LogP contribution in [0.15, 0.2) is 0 Å². The van der Waals surface area contributed by atoms with Gasteiger partial charge in [0.1, 0.15) is 0 Å². The molecule has 0 aromatic carbocycles. The summed E-state index contributed by atoms with van der Waals surface area (Å²) in [6, 6.07) is 2.19. The van der Waals surface area contributed by atoms with E-state index in [1.807, 2.05) is 0 Å². The molecule has 106 valence electrons. The monoisotopic (exact) mass is 253 g/mol. The van der Waals surface area contributed by atoms with Crippen LogP contribution in [0.25, 0.3) is 0 Å². The molecule has 2 rings (SSSR count). The lowest BCUT2D eigenvalue weighted by Gasteiger charge is -2.48. The maximum Gasteiger partial charge on any atom is 0.0224 e. The third-order valence-corrected chi connectivity index (χ3v) is 4.88. The zero-order valence-electron chi connectivity index (χ0n) is 12.3. The Hall–Kier alpha value is -0.120. The number of rotatable bonds is 4. The van der Waals surface area contributed by atoms with Gasteiger partial charge in [0.05, 0.1) is 0 Å². The lowest BCUT2D eigenvalue weighted by molar-refractivity contribution is 0.0176. The fourth-order valence-electron chi connectivity index (χ4n) is 3.96. The summed E-state index contributed by atoms with van der Waals surface area (Å²) < 4.78 is 0. The second-order valence-corrected chi connectivity index (χ2v) is 6.19. The van der Waals surface area contributed by atoms with Gasteiger partial charge in [0.15, 0.2) is 0 Å². The molecule has 0 amide bonds. The molecule has 2 atom stereocenters. The van der Waals surface area contributed by atoms with Crippen molar-refractivity contribution in [3.05, 3.63) is 0 Å². The van der Waals surface area contributed by atoms with Gasteiger partial charge in [0.2, 0.25) is 0 Å². The van der Waals surface area contributed by atoms with Crippen LogP contribution in [-0.2, 0) is 0 Å². The molecule has 0 aromatic rings. The summed E-state index contributed by atoms with van der Waals surface area (Å²) in [5.74, 6) is 0. The van der Waals surface area contributed by atoms with E-state index in [4.69, 9.17) is 5.73 Å². The Morgan fingerprint density at radius 2 is 1.83 bits per heavy atom. The quantitative estimate of drug-likeness (QED) is 0.832. The Morgan fingerprint density at radius 1 is 1.11 bits per heavy atom. The second kappa shape index (κ2) is 6.88. The molecule has 0 bridgehead atoms. The Kier molecular flexibility index (Phi) is 5.46.